The summed E-state index contributed by atoms with van der Waals surface area (Å²) < 4.78 is 0. The number of hydrogen-bond acceptors (Lipinski definition) is 3. The van der Waals surface area contributed by atoms with Gasteiger partial charge in [-0.2, -0.15) is 0 Å². The van der Waals surface area contributed by atoms with E-state index in [1.54, 1.807) is 6.07 Å². The number of phenols is 1. The highest BCUT2D eigenvalue weighted by Crippen LogP contribution is 2.22. The van der Waals surface area contributed by atoms with E-state index in [-0.39, 0.29) is 11.3 Å². The molecule has 4 nitrogen and oxygen atoms in total. The van der Waals surface area contributed by atoms with Crippen molar-refractivity contribution >= 4 is 11.7 Å². The van der Waals surface area contributed by atoms with Crippen LogP contribution in [0.3, 0.4) is 0 Å². The molecule has 0 aliphatic rings. The molecule has 0 amide bonds. The summed E-state index contributed by atoms with van der Waals surface area (Å²) in [7, 11) is 0. The van der Waals surface area contributed by atoms with Crippen LogP contribution in [-0.2, 0) is 0 Å². The number of carboxylic acids is 1. The van der Waals surface area contributed by atoms with Crippen molar-refractivity contribution in [2.24, 2.45) is 0 Å². The molecule has 1 aromatic rings. The molecule has 130 valence electrons. The minimum Gasteiger partial charge on any atom is -0.507 e. The van der Waals surface area contributed by atoms with Gasteiger partial charge in [0.05, 0.1) is 0 Å². The van der Waals surface area contributed by atoms with Crippen molar-refractivity contribution in [3.63, 3.8) is 0 Å². The van der Waals surface area contributed by atoms with E-state index in [0.717, 1.165) is 18.7 Å². The van der Waals surface area contributed by atoms with Crippen LogP contribution in [0.2, 0.25) is 0 Å². The molecule has 1 rings (SSSR count). The highest BCUT2D eigenvalue weighted by molar-refractivity contribution is 5.91. The molecular formula is C19H31NO3. The minimum atomic E-state index is -1.11. The Morgan fingerprint density at radius 1 is 0.957 bits per heavy atom. The van der Waals surface area contributed by atoms with E-state index in [1.165, 1.54) is 69.9 Å². The number of aromatic carboxylic acids is 1. The van der Waals surface area contributed by atoms with Crippen LogP contribution < -0.4 is 5.32 Å². The van der Waals surface area contributed by atoms with Crippen molar-refractivity contribution in [3.8, 4) is 5.75 Å². The second-order valence-corrected chi connectivity index (χ2v) is 6.15. The Morgan fingerprint density at radius 2 is 1.52 bits per heavy atom. The molecular weight excluding hydrogens is 290 g/mol. The van der Waals surface area contributed by atoms with Gasteiger partial charge < -0.3 is 15.5 Å². The molecule has 1 aromatic carbocycles. The SMILES string of the molecule is CCCCCCCCCCCCNc1ccc(C(=O)O)c(O)c1. The predicted octanol–water partition coefficient (Wildman–Crippen LogP) is 5.42. The zero-order valence-electron chi connectivity index (χ0n) is 14.3. The summed E-state index contributed by atoms with van der Waals surface area (Å²) in [6, 6.07) is 4.60. The smallest absolute Gasteiger partial charge is 0.339 e. The second kappa shape index (κ2) is 11.8. The van der Waals surface area contributed by atoms with Crippen molar-refractivity contribution < 1.29 is 15.0 Å². The highest BCUT2D eigenvalue weighted by Gasteiger charge is 2.09. The molecule has 0 aromatic heterocycles. The van der Waals surface area contributed by atoms with Crippen LogP contribution in [0.4, 0.5) is 5.69 Å². The first-order valence-electron chi connectivity index (χ1n) is 8.95. The van der Waals surface area contributed by atoms with Gasteiger partial charge in [-0.25, -0.2) is 4.79 Å². The number of rotatable bonds is 13. The van der Waals surface area contributed by atoms with Crippen LogP contribution in [0.1, 0.15) is 81.5 Å². The van der Waals surface area contributed by atoms with Gasteiger partial charge in [0.25, 0.3) is 0 Å². The molecule has 0 fully saturated rings. The number of nitrogens with one attached hydrogen (secondary N) is 1. The predicted molar refractivity (Wildman–Crippen MR) is 95.4 cm³/mol. The maximum Gasteiger partial charge on any atom is 0.339 e. The topological polar surface area (TPSA) is 69.6 Å². The summed E-state index contributed by atoms with van der Waals surface area (Å²) in [5, 5.41) is 21.7. The highest BCUT2D eigenvalue weighted by atomic mass is 16.4. The summed E-state index contributed by atoms with van der Waals surface area (Å²) in [6.07, 6.45) is 13.1. The van der Waals surface area contributed by atoms with Crippen LogP contribution in [0.25, 0.3) is 0 Å². The van der Waals surface area contributed by atoms with Crippen molar-refractivity contribution in [2.45, 2.75) is 71.1 Å². The van der Waals surface area contributed by atoms with Gasteiger partial charge in [0.15, 0.2) is 0 Å². The molecule has 0 unspecified atom stereocenters. The molecule has 0 saturated heterocycles. The number of benzene rings is 1. The Kier molecular flexibility index (Phi) is 9.92. The molecule has 0 radical (unpaired) electrons. The first kappa shape index (κ1) is 19.3. The van der Waals surface area contributed by atoms with Crippen molar-refractivity contribution in [1.82, 2.24) is 0 Å². The van der Waals surface area contributed by atoms with E-state index in [1.807, 2.05) is 0 Å². The Labute approximate surface area is 139 Å². The fourth-order valence-electron chi connectivity index (χ4n) is 2.67. The number of anilines is 1. The third kappa shape index (κ3) is 8.48. The van der Waals surface area contributed by atoms with Gasteiger partial charge in [-0.05, 0) is 18.6 Å². The Morgan fingerprint density at radius 3 is 2.04 bits per heavy atom. The van der Waals surface area contributed by atoms with Crippen LogP contribution >= 0.6 is 0 Å². The first-order chi connectivity index (χ1) is 11.1. The maximum atomic E-state index is 10.8. The Hall–Kier alpha value is -1.71. The van der Waals surface area contributed by atoms with Gasteiger partial charge in [0.1, 0.15) is 11.3 Å². The molecule has 0 aliphatic carbocycles. The van der Waals surface area contributed by atoms with Gasteiger partial charge in [-0.3, -0.25) is 0 Å². The van der Waals surface area contributed by atoms with Crippen molar-refractivity contribution in [1.29, 1.82) is 0 Å². The molecule has 0 atom stereocenters. The molecule has 0 heterocycles. The first-order valence-corrected chi connectivity index (χ1v) is 8.95. The van der Waals surface area contributed by atoms with Gasteiger partial charge in [0, 0.05) is 18.3 Å². The molecule has 0 spiro atoms. The lowest BCUT2D eigenvalue weighted by Crippen LogP contribution is -2.03. The number of aromatic hydroxyl groups is 1. The lowest BCUT2D eigenvalue weighted by molar-refractivity contribution is 0.0694. The number of unbranched alkanes of at least 4 members (excludes halogenated alkanes) is 9. The maximum absolute atomic E-state index is 10.8. The van der Waals surface area contributed by atoms with Gasteiger partial charge in [0.2, 0.25) is 0 Å². The largest absolute Gasteiger partial charge is 0.507 e. The minimum absolute atomic E-state index is 0.0607. The summed E-state index contributed by atoms with van der Waals surface area (Å²) in [4.78, 5) is 10.8. The molecule has 0 aliphatic heterocycles. The van der Waals surface area contributed by atoms with Crippen LogP contribution in [0, 0.1) is 0 Å². The van der Waals surface area contributed by atoms with Crippen molar-refractivity contribution in [3.05, 3.63) is 23.8 Å². The molecule has 23 heavy (non-hydrogen) atoms. The van der Waals surface area contributed by atoms with E-state index < -0.39 is 5.97 Å². The average Bonchev–Trinajstić information content (AvgIpc) is 2.52. The second-order valence-electron chi connectivity index (χ2n) is 6.15. The monoisotopic (exact) mass is 321 g/mol. The van der Waals surface area contributed by atoms with E-state index >= 15 is 0 Å². The van der Waals surface area contributed by atoms with E-state index in [4.69, 9.17) is 5.11 Å². The van der Waals surface area contributed by atoms with Crippen molar-refractivity contribution in [2.75, 3.05) is 11.9 Å². The lowest BCUT2D eigenvalue weighted by atomic mass is 10.1. The van der Waals surface area contributed by atoms with E-state index in [9.17, 15) is 9.90 Å². The van der Waals surface area contributed by atoms with E-state index in [0.29, 0.717) is 0 Å². The molecule has 4 heteroatoms. The van der Waals surface area contributed by atoms with Crippen LogP contribution in [0.15, 0.2) is 18.2 Å². The third-order valence-corrected chi connectivity index (χ3v) is 4.09. The lowest BCUT2D eigenvalue weighted by Gasteiger charge is -2.08. The standard InChI is InChI=1S/C19H31NO3/c1-2-3-4-5-6-7-8-9-10-11-14-20-16-12-13-17(19(22)23)18(21)15-16/h12-13,15,20-21H,2-11,14H2,1H3,(H,22,23). The van der Waals surface area contributed by atoms with Gasteiger partial charge in [-0.15, -0.1) is 0 Å². The molecule has 0 bridgehead atoms. The Balaban J connectivity index is 2.03. The number of carbonyl (C=O) groups is 1. The fraction of sp³-hybridized carbons (Fsp3) is 0.632. The van der Waals surface area contributed by atoms with Gasteiger partial charge >= 0.3 is 5.97 Å². The normalized spacial score (nSPS) is 10.7. The zero-order chi connectivity index (χ0) is 16.9. The average molecular weight is 321 g/mol. The summed E-state index contributed by atoms with van der Waals surface area (Å²) in [6.45, 7) is 3.10. The number of hydrogen-bond donors (Lipinski definition) is 3. The Bertz CT molecular complexity index is 460. The van der Waals surface area contributed by atoms with Crippen LogP contribution in [-0.4, -0.2) is 22.7 Å². The summed E-state index contributed by atoms with van der Waals surface area (Å²) >= 11 is 0. The third-order valence-electron chi connectivity index (χ3n) is 4.09. The summed E-state index contributed by atoms with van der Waals surface area (Å²) in [5.74, 6) is -1.30. The fourth-order valence-corrected chi connectivity index (χ4v) is 2.67. The van der Waals surface area contributed by atoms with Crippen LogP contribution in [0.5, 0.6) is 5.75 Å². The van der Waals surface area contributed by atoms with E-state index in [2.05, 4.69) is 12.2 Å². The molecule has 0 saturated carbocycles. The molecule has 3 N–H and O–H groups in total. The zero-order valence-corrected chi connectivity index (χ0v) is 14.3. The van der Waals surface area contributed by atoms with Gasteiger partial charge in [-0.1, -0.05) is 64.7 Å². The number of carboxylic acid groups (broad SMARTS) is 1. The summed E-state index contributed by atoms with van der Waals surface area (Å²) in [5.41, 5.74) is 0.706. The quantitative estimate of drug-likeness (QED) is 0.424.